The molecule has 6 aromatic rings. The number of carbonyl (C=O) groups is 2. The number of pyridine rings is 1. The van der Waals surface area contributed by atoms with Crippen molar-refractivity contribution in [2.24, 2.45) is 0 Å². The second-order valence-electron chi connectivity index (χ2n) is 8.51. The summed E-state index contributed by atoms with van der Waals surface area (Å²) in [7, 11) is 0. The summed E-state index contributed by atoms with van der Waals surface area (Å²) in [6.45, 7) is 0. The van der Waals surface area contributed by atoms with Crippen LogP contribution in [0.25, 0.3) is 44.0 Å². The molecule has 38 heavy (non-hydrogen) atoms. The molecule has 2 amide bonds. The first-order valence-corrected chi connectivity index (χ1v) is 12.6. The first-order chi connectivity index (χ1) is 18.4. The molecule has 3 N–H and O–H groups in total. The Kier molecular flexibility index (Phi) is 5.94. The zero-order valence-electron chi connectivity index (χ0n) is 19.3. The number of halogens is 2. The number of carbonyl (C=O) groups excluding carboxylic acids is 2. The molecule has 0 fully saturated rings. The van der Waals surface area contributed by atoms with Crippen LogP contribution in [0.2, 0.25) is 5.02 Å². The summed E-state index contributed by atoms with van der Waals surface area (Å²) in [5, 5.41) is 2.53. The van der Waals surface area contributed by atoms with Gasteiger partial charge in [0.1, 0.15) is 11.3 Å². The van der Waals surface area contributed by atoms with E-state index in [0.29, 0.717) is 27.0 Å². The highest BCUT2D eigenvalue weighted by atomic mass is 79.9. The second-order valence-corrected chi connectivity index (χ2v) is 9.86. The molecule has 0 aliphatic heterocycles. The molecule has 8 nitrogen and oxygen atoms in total. The fourth-order valence-corrected chi connectivity index (χ4v) is 4.88. The van der Waals surface area contributed by atoms with E-state index in [1.165, 1.54) is 6.07 Å². The number of nitrogens with zero attached hydrogens (tertiary/aromatic N) is 1. The summed E-state index contributed by atoms with van der Waals surface area (Å²) in [5.41, 5.74) is 6.64. The van der Waals surface area contributed by atoms with E-state index in [9.17, 15) is 14.4 Å². The molecule has 0 unspecified atom stereocenters. The standard InChI is InChI=1S/C28H16BrClN4O4/c29-17-6-8-21-15(11-17)10-16-12-20(28(37)38-27(16)32-21)25(35)33-34-26(36)24-23(14-4-2-1-3-5-14)19-13-18(30)7-9-22(19)31-24/h1-13,31H,(H,33,35)(H,34,36). The highest BCUT2D eigenvalue weighted by Crippen LogP contribution is 2.34. The molecule has 0 bridgehead atoms. The molecule has 0 saturated heterocycles. The van der Waals surface area contributed by atoms with Crippen molar-refractivity contribution in [3.05, 3.63) is 110 Å². The summed E-state index contributed by atoms with van der Waals surface area (Å²) < 4.78 is 6.16. The lowest BCUT2D eigenvalue weighted by molar-refractivity contribution is 0.0842. The highest BCUT2D eigenvalue weighted by molar-refractivity contribution is 9.10. The monoisotopic (exact) mass is 586 g/mol. The lowest BCUT2D eigenvalue weighted by Gasteiger charge is -2.09. The van der Waals surface area contributed by atoms with Crippen molar-refractivity contribution in [1.29, 1.82) is 0 Å². The molecule has 10 heteroatoms. The van der Waals surface area contributed by atoms with Crippen LogP contribution in [0.4, 0.5) is 0 Å². The van der Waals surface area contributed by atoms with Crippen LogP contribution in [-0.2, 0) is 0 Å². The third-order valence-electron chi connectivity index (χ3n) is 6.06. The normalized spacial score (nSPS) is 11.2. The molecule has 6 rings (SSSR count). The summed E-state index contributed by atoms with van der Waals surface area (Å²) in [4.78, 5) is 46.1. The Morgan fingerprint density at radius 3 is 2.50 bits per heavy atom. The van der Waals surface area contributed by atoms with Crippen LogP contribution in [0.15, 0.2) is 92.5 Å². The number of amides is 2. The fraction of sp³-hybridized carbons (Fsp3) is 0. The van der Waals surface area contributed by atoms with E-state index in [-0.39, 0.29) is 17.0 Å². The molecule has 186 valence electrons. The Bertz CT molecular complexity index is 1970. The van der Waals surface area contributed by atoms with Gasteiger partial charge in [-0.05, 0) is 54.1 Å². The minimum Gasteiger partial charge on any atom is -0.403 e. The highest BCUT2D eigenvalue weighted by Gasteiger charge is 2.21. The predicted molar refractivity (Wildman–Crippen MR) is 149 cm³/mol. The fourth-order valence-electron chi connectivity index (χ4n) is 4.33. The zero-order chi connectivity index (χ0) is 26.4. The molecule has 0 aliphatic rings. The summed E-state index contributed by atoms with van der Waals surface area (Å²) in [6, 6.07) is 23.2. The minimum absolute atomic E-state index is 0.106. The van der Waals surface area contributed by atoms with Crippen LogP contribution in [0.5, 0.6) is 0 Å². The number of rotatable bonds is 3. The Labute approximate surface area is 227 Å². The van der Waals surface area contributed by atoms with E-state index >= 15 is 0 Å². The van der Waals surface area contributed by atoms with Crippen LogP contribution in [-0.4, -0.2) is 21.8 Å². The summed E-state index contributed by atoms with van der Waals surface area (Å²) in [5.74, 6) is -1.43. The van der Waals surface area contributed by atoms with Gasteiger partial charge in [0.25, 0.3) is 11.8 Å². The van der Waals surface area contributed by atoms with Gasteiger partial charge in [0.15, 0.2) is 0 Å². The zero-order valence-corrected chi connectivity index (χ0v) is 21.7. The Hall–Kier alpha value is -4.47. The number of benzene rings is 3. The van der Waals surface area contributed by atoms with E-state index in [0.717, 1.165) is 20.8 Å². The topological polar surface area (TPSA) is 117 Å². The van der Waals surface area contributed by atoms with Crippen LogP contribution >= 0.6 is 27.5 Å². The van der Waals surface area contributed by atoms with Crippen LogP contribution in [0, 0.1) is 0 Å². The van der Waals surface area contributed by atoms with Crippen molar-refractivity contribution >= 4 is 72.3 Å². The van der Waals surface area contributed by atoms with Gasteiger partial charge in [-0.1, -0.05) is 57.9 Å². The quantitative estimate of drug-likeness (QED) is 0.174. The Morgan fingerprint density at radius 1 is 0.895 bits per heavy atom. The second kappa shape index (κ2) is 9.44. The number of aromatic nitrogens is 2. The van der Waals surface area contributed by atoms with Gasteiger partial charge in [-0.3, -0.25) is 20.4 Å². The van der Waals surface area contributed by atoms with Gasteiger partial charge in [0, 0.05) is 36.7 Å². The van der Waals surface area contributed by atoms with Crippen molar-refractivity contribution in [3.63, 3.8) is 0 Å². The number of aromatic amines is 1. The van der Waals surface area contributed by atoms with Crippen LogP contribution < -0.4 is 16.5 Å². The van der Waals surface area contributed by atoms with Crippen LogP contribution in [0.1, 0.15) is 20.8 Å². The maximum Gasteiger partial charge on any atom is 0.350 e. The largest absolute Gasteiger partial charge is 0.403 e. The molecular weight excluding hydrogens is 572 g/mol. The van der Waals surface area contributed by atoms with Crippen molar-refractivity contribution < 1.29 is 14.0 Å². The molecule has 0 radical (unpaired) electrons. The van der Waals surface area contributed by atoms with E-state index in [2.05, 4.69) is 36.7 Å². The van der Waals surface area contributed by atoms with Crippen LogP contribution in [0.3, 0.4) is 0 Å². The minimum atomic E-state index is -0.876. The molecule has 3 heterocycles. The molecule has 3 aromatic heterocycles. The number of nitrogens with one attached hydrogen (secondary N) is 3. The van der Waals surface area contributed by atoms with Gasteiger partial charge in [0.2, 0.25) is 5.71 Å². The number of hydrazine groups is 1. The van der Waals surface area contributed by atoms with E-state index in [4.69, 9.17) is 16.0 Å². The van der Waals surface area contributed by atoms with Gasteiger partial charge in [0.05, 0.1) is 5.52 Å². The van der Waals surface area contributed by atoms with Crippen molar-refractivity contribution in [3.8, 4) is 11.1 Å². The van der Waals surface area contributed by atoms with E-state index in [1.807, 2.05) is 42.5 Å². The Morgan fingerprint density at radius 2 is 1.68 bits per heavy atom. The van der Waals surface area contributed by atoms with Gasteiger partial charge in [-0.15, -0.1) is 0 Å². The van der Waals surface area contributed by atoms with Crippen molar-refractivity contribution in [1.82, 2.24) is 20.8 Å². The maximum atomic E-state index is 13.2. The number of H-pyrrole nitrogens is 1. The predicted octanol–water partition coefficient (Wildman–Crippen LogP) is 5.98. The van der Waals surface area contributed by atoms with Gasteiger partial charge >= 0.3 is 5.63 Å². The van der Waals surface area contributed by atoms with Gasteiger partial charge in [-0.25, -0.2) is 9.78 Å². The average molecular weight is 588 g/mol. The van der Waals surface area contributed by atoms with E-state index < -0.39 is 17.4 Å². The first kappa shape index (κ1) is 23.9. The molecule has 0 spiro atoms. The lowest BCUT2D eigenvalue weighted by Crippen LogP contribution is -2.43. The third-order valence-corrected chi connectivity index (χ3v) is 6.79. The van der Waals surface area contributed by atoms with Gasteiger partial charge in [-0.2, -0.15) is 0 Å². The third kappa shape index (κ3) is 4.31. The molecule has 3 aromatic carbocycles. The number of hydrogen-bond acceptors (Lipinski definition) is 5. The maximum absolute atomic E-state index is 13.2. The SMILES string of the molecule is O=C(NNC(=O)c1cc2cc3cc(Br)ccc3nc2oc1=O)c1[nH]c2ccc(Cl)cc2c1-c1ccccc1. The van der Waals surface area contributed by atoms with Crippen molar-refractivity contribution in [2.45, 2.75) is 0 Å². The average Bonchev–Trinajstić information content (AvgIpc) is 3.29. The van der Waals surface area contributed by atoms with Gasteiger partial charge < -0.3 is 9.40 Å². The molecule has 0 aliphatic carbocycles. The molecule has 0 atom stereocenters. The summed E-state index contributed by atoms with van der Waals surface area (Å²) >= 11 is 9.64. The smallest absolute Gasteiger partial charge is 0.350 e. The lowest BCUT2D eigenvalue weighted by atomic mass is 10.0. The van der Waals surface area contributed by atoms with E-state index in [1.54, 1.807) is 30.3 Å². The number of fused-ring (bicyclic) bond motifs is 3. The number of hydrogen-bond donors (Lipinski definition) is 3. The summed E-state index contributed by atoms with van der Waals surface area (Å²) in [6.07, 6.45) is 0. The Balaban J connectivity index is 1.31. The molecule has 0 saturated carbocycles. The molecular formula is C28H16BrClN4O4. The van der Waals surface area contributed by atoms with Crippen molar-refractivity contribution in [2.75, 3.05) is 0 Å². The first-order valence-electron chi connectivity index (χ1n) is 11.4.